The molecule has 1 aliphatic rings. The van der Waals surface area contributed by atoms with E-state index in [0.717, 1.165) is 0 Å². The predicted octanol–water partition coefficient (Wildman–Crippen LogP) is 1.47. The number of imide groups is 1. The van der Waals surface area contributed by atoms with E-state index in [9.17, 15) is 14.4 Å². The van der Waals surface area contributed by atoms with Crippen molar-refractivity contribution in [2.24, 2.45) is 0 Å². The van der Waals surface area contributed by atoms with Gasteiger partial charge in [0.2, 0.25) is 0 Å². The average molecular weight is 290 g/mol. The van der Waals surface area contributed by atoms with Crippen molar-refractivity contribution in [3.63, 3.8) is 0 Å². The highest BCUT2D eigenvalue weighted by molar-refractivity contribution is 6.20. The zero-order chi connectivity index (χ0) is 15.6. The molecular formula is C15H18N2O4. The summed E-state index contributed by atoms with van der Waals surface area (Å²) in [6.45, 7) is 1.98. The van der Waals surface area contributed by atoms with E-state index in [0.29, 0.717) is 11.5 Å². The zero-order valence-corrected chi connectivity index (χ0v) is 12.3. The van der Waals surface area contributed by atoms with Gasteiger partial charge in [-0.05, 0) is 39.6 Å². The van der Waals surface area contributed by atoms with Crippen molar-refractivity contribution in [2.45, 2.75) is 25.8 Å². The van der Waals surface area contributed by atoms with Crippen LogP contribution in [0, 0.1) is 0 Å². The summed E-state index contributed by atoms with van der Waals surface area (Å²) in [5.74, 6) is -1.77. The van der Waals surface area contributed by atoms with E-state index in [1.54, 1.807) is 12.1 Å². The average Bonchev–Trinajstić information content (AvgIpc) is 2.70. The Labute approximate surface area is 123 Å². The lowest BCUT2D eigenvalue weighted by Gasteiger charge is -2.19. The van der Waals surface area contributed by atoms with E-state index >= 15 is 0 Å². The lowest BCUT2D eigenvalue weighted by molar-refractivity contribution is -0.168. The summed E-state index contributed by atoms with van der Waals surface area (Å²) in [5.41, 5.74) is 0.522. The van der Waals surface area contributed by atoms with Gasteiger partial charge < -0.3 is 9.74 Å². The molecule has 2 rings (SSSR count). The molecule has 1 aromatic rings. The van der Waals surface area contributed by atoms with Gasteiger partial charge in [0, 0.05) is 12.5 Å². The fourth-order valence-corrected chi connectivity index (χ4v) is 1.98. The standard InChI is InChI=1S/C15H18N2O4/c1-10(16(2)3)8-9-13(18)21-17-14(19)11-6-4-5-7-12(11)15(17)20/h4-7,10H,8-9H2,1-3H3. The Balaban J connectivity index is 1.97. The minimum absolute atomic E-state index is 0.146. The van der Waals surface area contributed by atoms with E-state index < -0.39 is 17.8 Å². The lowest BCUT2D eigenvalue weighted by atomic mass is 10.1. The molecule has 1 atom stereocenters. The third-order valence-corrected chi connectivity index (χ3v) is 3.60. The van der Waals surface area contributed by atoms with Gasteiger partial charge in [0.15, 0.2) is 0 Å². The van der Waals surface area contributed by atoms with Gasteiger partial charge in [-0.3, -0.25) is 9.59 Å². The minimum Gasteiger partial charge on any atom is -0.330 e. The monoisotopic (exact) mass is 290 g/mol. The fourth-order valence-electron chi connectivity index (χ4n) is 1.98. The van der Waals surface area contributed by atoms with Gasteiger partial charge in [-0.25, -0.2) is 4.79 Å². The highest BCUT2D eigenvalue weighted by Gasteiger charge is 2.38. The van der Waals surface area contributed by atoms with Crippen molar-refractivity contribution in [3.05, 3.63) is 35.4 Å². The van der Waals surface area contributed by atoms with Crippen molar-refractivity contribution < 1.29 is 19.2 Å². The number of rotatable bonds is 5. The third-order valence-electron chi connectivity index (χ3n) is 3.60. The van der Waals surface area contributed by atoms with Crippen molar-refractivity contribution in [2.75, 3.05) is 14.1 Å². The maximum atomic E-state index is 12.0. The quantitative estimate of drug-likeness (QED) is 0.768. The molecule has 0 radical (unpaired) electrons. The smallest absolute Gasteiger partial charge is 0.330 e. The zero-order valence-electron chi connectivity index (χ0n) is 12.3. The van der Waals surface area contributed by atoms with E-state index in [4.69, 9.17) is 4.84 Å². The molecule has 0 aliphatic carbocycles. The van der Waals surface area contributed by atoms with Crippen LogP contribution in [-0.4, -0.2) is 47.9 Å². The molecule has 2 amide bonds. The molecule has 1 aliphatic heterocycles. The number of benzene rings is 1. The van der Waals surface area contributed by atoms with Gasteiger partial charge in [0.05, 0.1) is 11.1 Å². The molecule has 21 heavy (non-hydrogen) atoms. The molecule has 0 fully saturated rings. The van der Waals surface area contributed by atoms with Gasteiger partial charge in [-0.1, -0.05) is 17.2 Å². The summed E-state index contributed by atoms with van der Waals surface area (Å²) < 4.78 is 0. The number of hydroxylamine groups is 2. The Kier molecular flexibility index (Phi) is 4.37. The predicted molar refractivity (Wildman–Crippen MR) is 75.4 cm³/mol. The molecule has 1 heterocycles. The summed E-state index contributed by atoms with van der Waals surface area (Å²) in [6.07, 6.45) is 0.738. The molecule has 6 heteroatoms. The molecular weight excluding hydrogens is 272 g/mol. The highest BCUT2D eigenvalue weighted by Crippen LogP contribution is 2.23. The van der Waals surface area contributed by atoms with Gasteiger partial charge in [0.25, 0.3) is 11.8 Å². The molecule has 0 saturated heterocycles. The van der Waals surface area contributed by atoms with Crippen LogP contribution in [0.1, 0.15) is 40.5 Å². The number of hydrogen-bond acceptors (Lipinski definition) is 5. The highest BCUT2D eigenvalue weighted by atomic mass is 16.7. The van der Waals surface area contributed by atoms with Crippen LogP contribution < -0.4 is 0 Å². The molecule has 0 saturated carbocycles. The molecule has 0 spiro atoms. The summed E-state index contributed by atoms with van der Waals surface area (Å²) >= 11 is 0. The lowest BCUT2D eigenvalue weighted by Crippen LogP contribution is -2.33. The Morgan fingerprint density at radius 2 is 1.71 bits per heavy atom. The van der Waals surface area contributed by atoms with E-state index in [-0.39, 0.29) is 23.6 Å². The topological polar surface area (TPSA) is 66.9 Å². The van der Waals surface area contributed by atoms with Crippen LogP contribution in [0.2, 0.25) is 0 Å². The maximum absolute atomic E-state index is 12.0. The van der Waals surface area contributed by atoms with E-state index in [1.807, 2.05) is 25.9 Å². The summed E-state index contributed by atoms with van der Waals surface area (Å²) in [4.78, 5) is 42.7. The number of carbonyl (C=O) groups is 3. The molecule has 1 aromatic carbocycles. The molecule has 0 N–H and O–H groups in total. The first kappa shape index (κ1) is 15.2. The fraction of sp³-hybridized carbons (Fsp3) is 0.400. The van der Waals surface area contributed by atoms with Gasteiger partial charge in [-0.2, -0.15) is 0 Å². The normalized spacial score (nSPS) is 15.3. The number of hydrogen-bond donors (Lipinski definition) is 0. The second kappa shape index (κ2) is 6.05. The van der Waals surface area contributed by atoms with Gasteiger partial charge >= 0.3 is 5.97 Å². The first-order valence-electron chi connectivity index (χ1n) is 6.77. The van der Waals surface area contributed by atoms with Gasteiger partial charge in [-0.15, -0.1) is 0 Å². The first-order valence-corrected chi connectivity index (χ1v) is 6.77. The molecule has 112 valence electrons. The van der Waals surface area contributed by atoms with Gasteiger partial charge in [0.1, 0.15) is 0 Å². The SMILES string of the molecule is CC(CCC(=O)ON1C(=O)c2ccccc2C1=O)N(C)C. The van der Waals surface area contributed by atoms with Crippen LogP contribution in [0.25, 0.3) is 0 Å². The maximum Gasteiger partial charge on any atom is 0.333 e. The Morgan fingerprint density at radius 3 is 2.19 bits per heavy atom. The van der Waals surface area contributed by atoms with Crippen molar-refractivity contribution in [1.82, 2.24) is 9.96 Å². The largest absolute Gasteiger partial charge is 0.333 e. The van der Waals surface area contributed by atoms with Crippen LogP contribution >= 0.6 is 0 Å². The van der Waals surface area contributed by atoms with Crippen molar-refractivity contribution in [3.8, 4) is 0 Å². The summed E-state index contributed by atoms with van der Waals surface area (Å²) in [5, 5.41) is 0.549. The van der Waals surface area contributed by atoms with Crippen molar-refractivity contribution >= 4 is 17.8 Å². The molecule has 1 unspecified atom stereocenters. The van der Waals surface area contributed by atoms with Crippen LogP contribution in [0.5, 0.6) is 0 Å². The summed E-state index contributed by atoms with van der Waals surface area (Å²) in [7, 11) is 3.83. The second-order valence-electron chi connectivity index (χ2n) is 5.26. The number of amides is 2. The van der Waals surface area contributed by atoms with Crippen LogP contribution in [0.4, 0.5) is 0 Å². The van der Waals surface area contributed by atoms with Crippen LogP contribution in [-0.2, 0) is 9.63 Å². The first-order chi connectivity index (χ1) is 9.91. The van der Waals surface area contributed by atoms with Crippen LogP contribution in [0.3, 0.4) is 0 Å². The second-order valence-corrected chi connectivity index (χ2v) is 5.26. The Bertz CT molecular complexity index is 548. The number of nitrogens with zero attached hydrogens (tertiary/aromatic N) is 2. The third kappa shape index (κ3) is 3.11. The van der Waals surface area contributed by atoms with E-state index in [1.165, 1.54) is 12.1 Å². The van der Waals surface area contributed by atoms with Crippen molar-refractivity contribution in [1.29, 1.82) is 0 Å². The van der Waals surface area contributed by atoms with Crippen LogP contribution in [0.15, 0.2) is 24.3 Å². The minimum atomic E-state index is -0.593. The number of fused-ring (bicyclic) bond motifs is 1. The number of carbonyl (C=O) groups excluding carboxylic acids is 3. The molecule has 6 nitrogen and oxygen atoms in total. The Hall–Kier alpha value is -2.21. The molecule has 0 aromatic heterocycles. The Morgan fingerprint density at radius 1 is 1.19 bits per heavy atom. The van der Waals surface area contributed by atoms with E-state index in [2.05, 4.69) is 0 Å². The molecule has 0 bridgehead atoms. The summed E-state index contributed by atoms with van der Waals surface area (Å²) in [6, 6.07) is 6.61.